The van der Waals surface area contributed by atoms with Gasteiger partial charge in [-0.2, -0.15) is 0 Å². The second-order valence-electron chi connectivity index (χ2n) is 4.05. The van der Waals surface area contributed by atoms with Gasteiger partial charge < -0.3 is 9.63 Å². The van der Waals surface area contributed by atoms with Gasteiger partial charge in [-0.15, -0.1) is 0 Å². The molecule has 0 fully saturated rings. The predicted molar refractivity (Wildman–Crippen MR) is 70.2 cm³/mol. The van der Waals surface area contributed by atoms with Crippen LogP contribution in [0.3, 0.4) is 0 Å². The molecule has 104 valence electrons. The van der Waals surface area contributed by atoms with Crippen LogP contribution >= 0.6 is 0 Å². The molecule has 0 saturated carbocycles. The van der Waals surface area contributed by atoms with Gasteiger partial charge in [0.2, 0.25) is 11.8 Å². The molecule has 0 saturated heterocycles. The number of hydrogen-bond donors (Lipinski definition) is 2. The molecule has 2 rings (SSSR count). The maximum Gasteiger partial charge on any atom is 0.343 e. The van der Waals surface area contributed by atoms with E-state index in [0.29, 0.717) is 12.1 Å². The Kier molecular flexibility index (Phi) is 4.09. The Bertz CT molecular complexity index is 622. The molecule has 1 amide bonds. The van der Waals surface area contributed by atoms with Gasteiger partial charge in [0, 0.05) is 12.6 Å². The molecule has 2 aromatic rings. The number of rotatable bonds is 5. The van der Waals surface area contributed by atoms with Crippen molar-refractivity contribution in [1.29, 1.82) is 0 Å². The van der Waals surface area contributed by atoms with Gasteiger partial charge >= 0.3 is 5.97 Å². The third kappa shape index (κ3) is 2.82. The van der Waals surface area contributed by atoms with Crippen LogP contribution in [0.15, 0.2) is 28.9 Å². The minimum absolute atomic E-state index is 0.0879. The molecule has 7 heteroatoms. The van der Waals surface area contributed by atoms with Crippen molar-refractivity contribution in [3.05, 3.63) is 30.0 Å². The van der Waals surface area contributed by atoms with Crippen LogP contribution < -0.4 is 5.32 Å². The number of carboxylic acid groups (broad SMARTS) is 1. The van der Waals surface area contributed by atoms with E-state index in [1.165, 1.54) is 6.20 Å². The van der Waals surface area contributed by atoms with Crippen LogP contribution in [-0.4, -0.2) is 27.1 Å². The van der Waals surface area contributed by atoms with E-state index in [4.69, 9.17) is 4.52 Å². The van der Waals surface area contributed by atoms with Crippen molar-refractivity contribution in [3.63, 3.8) is 0 Å². The molecular weight excluding hydrogens is 262 g/mol. The molecule has 0 aliphatic rings. The fourth-order valence-electron chi connectivity index (χ4n) is 1.67. The second-order valence-corrected chi connectivity index (χ2v) is 4.05. The summed E-state index contributed by atoms with van der Waals surface area (Å²) in [6.45, 7) is 1.84. The van der Waals surface area contributed by atoms with E-state index in [1.54, 1.807) is 18.2 Å². The van der Waals surface area contributed by atoms with Gasteiger partial charge in [0.15, 0.2) is 5.56 Å². The van der Waals surface area contributed by atoms with Gasteiger partial charge in [0.05, 0.1) is 5.69 Å². The van der Waals surface area contributed by atoms with Crippen molar-refractivity contribution in [2.24, 2.45) is 0 Å². The lowest BCUT2D eigenvalue weighted by molar-refractivity contribution is -0.116. The van der Waals surface area contributed by atoms with E-state index >= 15 is 0 Å². The highest BCUT2D eigenvalue weighted by molar-refractivity contribution is 6.02. The first kappa shape index (κ1) is 13.7. The topological polar surface area (TPSA) is 105 Å². The van der Waals surface area contributed by atoms with Crippen LogP contribution in [0.5, 0.6) is 0 Å². The first-order valence-corrected chi connectivity index (χ1v) is 6.07. The number of hydrogen-bond acceptors (Lipinski definition) is 5. The summed E-state index contributed by atoms with van der Waals surface area (Å²) in [5.74, 6) is -1.73. The number of aromatic carboxylic acids is 1. The zero-order chi connectivity index (χ0) is 14.5. The number of amides is 1. The largest absolute Gasteiger partial charge is 0.477 e. The lowest BCUT2D eigenvalue weighted by atomic mass is 10.1. The molecule has 0 aliphatic heterocycles. The van der Waals surface area contributed by atoms with Crippen LogP contribution in [0, 0.1) is 0 Å². The number of anilines is 1. The zero-order valence-corrected chi connectivity index (χ0v) is 10.8. The zero-order valence-electron chi connectivity index (χ0n) is 10.8. The number of aromatic nitrogens is 2. The molecule has 2 heterocycles. The van der Waals surface area contributed by atoms with Crippen molar-refractivity contribution in [2.75, 3.05) is 5.32 Å². The fourth-order valence-corrected chi connectivity index (χ4v) is 1.67. The van der Waals surface area contributed by atoms with Gasteiger partial charge in [0.25, 0.3) is 0 Å². The van der Waals surface area contributed by atoms with E-state index in [0.717, 1.165) is 0 Å². The van der Waals surface area contributed by atoms with E-state index in [2.05, 4.69) is 15.5 Å². The molecule has 20 heavy (non-hydrogen) atoms. The van der Waals surface area contributed by atoms with Crippen molar-refractivity contribution in [3.8, 4) is 11.4 Å². The smallest absolute Gasteiger partial charge is 0.343 e. The molecular formula is C13H13N3O4. The molecule has 7 nitrogen and oxygen atoms in total. The van der Waals surface area contributed by atoms with Gasteiger partial charge in [0.1, 0.15) is 5.69 Å². The van der Waals surface area contributed by atoms with Crippen LogP contribution in [0.2, 0.25) is 0 Å². The van der Waals surface area contributed by atoms with E-state index in [-0.39, 0.29) is 29.5 Å². The number of pyridine rings is 1. The Morgan fingerprint density at radius 1 is 1.40 bits per heavy atom. The van der Waals surface area contributed by atoms with Crippen molar-refractivity contribution in [2.45, 2.75) is 19.8 Å². The summed E-state index contributed by atoms with van der Waals surface area (Å²) in [5.41, 5.74) is 0.252. The number of nitrogens with zero attached hydrogens (tertiary/aromatic N) is 2. The third-order valence-electron chi connectivity index (χ3n) is 2.54. The number of carboxylic acids is 1. The Morgan fingerprint density at radius 2 is 2.20 bits per heavy atom. The molecule has 0 unspecified atom stereocenters. The summed E-state index contributed by atoms with van der Waals surface area (Å²) in [4.78, 5) is 26.9. The lowest BCUT2D eigenvalue weighted by Crippen LogP contribution is -2.13. The highest BCUT2D eigenvalue weighted by Crippen LogP contribution is 2.27. The summed E-state index contributed by atoms with van der Waals surface area (Å²) in [7, 11) is 0. The van der Waals surface area contributed by atoms with Crippen LogP contribution in [0.1, 0.15) is 30.1 Å². The minimum atomic E-state index is -1.24. The minimum Gasteiger partial charge on any atom is -0.477 e. The van der Waals surface area contributed by atoms with Gasteiger partial charge in [-0.3, -0.25) is 15.1 Å². The van der Waals surface area contributed by atoms with Gasteiger partial charge in [-0.25, -0.2) is 4.79 Å². The standard InChI is InChI=1S/C13H13N3O4/c1-2-5-9(17)15-12-10(13(18)19)11(16-20-12)8-6-3-4-7-14-8/h3-4,6-7H,2,5H2,1H3,(H,15,17)(H,18,19). The number of carbonyl (C=O) groups is 2. The molecule has 2 aromatic heterocycles. The molecule has 0 aliphatic carbocycles. The summed E-state index contributed by atoms with van der Waals surface area (Å²) >= 11 is 0. The summed E-state index contributed by atoms with van der Waals surface area (Å²) in [6, 6.07) is 5.02. The van der Waals surface area contributed by atoms with E-state index < -0.39 is 5.97 Å². The Morgan fingerprint density at radius 3 is 2.80 bits per heavy atom. The summed E-state index contributed by atoms with van der Waals surface area (Å²) < 4.78 is 4.93. The maximum absolute atomic E-state index is 11.5. The number of carbonyl (C=O) groups excluding carboxylic acids is 1. The Hall–Kier alpha value is -2.70. The molecule has 2 N–H and O–H groups in total. The summed E-state index contributed by atoms with van der Waals surface area (Å²) in [5, 5.41) is 15.4. The second kappa shape index (κ2) is 5.96. The first-order chi connectivity index (χ1) is 9.63. The third-order valence-corrected chi connectivity index (χ3v) is 2.54. The SMILES string of the molecule is CCCC(=O)Nc1onc(-c2ccccn2)c1C(=O)O. The monoisotopic (exact) mass is 275 g/mol. The maximum atomic E-state index is 11.5. The number of nitrogens with one attached hydrogen (secondary N) is 1. The van der Waals surface area contributed by atoms with E-state index in [1.807, 2.05) is 6.92 Å². The normalized spacial score (nSPS) is 10.2. The van der Waals surface area contributed by atoms with Crippen LogP contribution in [-0.2, 0) is 4.79 Å². The van der Waals surface area contributed by atoms with E-state index in [9.17, 15) is 14.7 Å². The predicted octanol–water partition coefficient (Wildman–Crippen LogP) is 2.17. The fraction of sp³-hybridized carbons (Fsp3) is 0.231. The molecule has 0 radical (unpaired) electrons. The molecule has 0 atom stereocenters. The highest BCUT2D eigenvalue weighted by atomic mass is 16.5. The lowest BCUT2D eigenvalue weighted by Gasteiger charge is -2.01. The summed E-state index contributed by atoms with van der Waals surface area (Å²) in [6.07, 6.45) is 2.44. The van der Waals surface area contributed by atoms with Crippen LogP contribution in [0.25, 0.3) is 11.4 Å². The molecule has 0 bridgehead atoms. The molecule has 0 aromatic carbocycles. The average molecular weight is 275 g/mol. The van der Waals surface area contributed by atoms with Crippen LogP contribution in [0.4, 0.5) is 5.88 Å². The Balaban J connectivity index is 2.38. The quantitative estimate of drug-likeness (QED) is 0.866. The molecule has 0 spiro atoms. The van der Waals surface area contributed by atoms with Gasteiger partial charge in [-0.1, -0.05) is 18.1 Å². The van der Waals surface area contributed by atoms with Crippen molar-refractivity contribution in [1.82, 2.24) is 10.1 Å². The average Bonchev–Trinajstić information content (AvgIpc) is 2.83. The van der Waals surface area contributed by atoms with Crippen molar-refractivity contribution < 1.29 is 19.2 Å². The highest BCUT2D eigenvalue weighted by Gasteiger charge is 2.25. The first-order valence-electron chi connectivity index (χ1n) is 6.07. The Labute approximate surface area is 114 Å². The van der Waals surface area contributed by atoms with Gasteiger partial charge in [-0.05, 0) is 18.6 Å². The van der Waals surface area contributed by atoms with Crippen molar-refractivity contribution >= 4 is 17.8 Å².